The van der Waals surface area contributed by atoms with Crippen molar-refractivity contribution in [3.8, 4) is 0 Å². The molecule has 0 spiro atoms. The first-order valence-corrected chi connectivity index (χ1v) is 4.21. The normalized spacial score (nSPS) is 10.5. The summed E-state index contributed by atoms with van der Waals surface area (Å²) in [6, 6.07) is 1.85. The Morgan fingerprint density at radius 1 is 1.69 bits per heavy atom. The maximum absolute atomic E-state index is 10.9. The highest BCUT2D eigenvalue weighted by Gasteiger charge is 1.93. The van der Waals surface area contributed by atoms with Crippen LogP contribution in [0.5, 0.6) is 0 Å². The van der Waals surface area contributed by atoms with Crippen LogP contribution in [0.1, 0.15) is 6.92 Å². The predicted molar refractivity (Wildman–Crippen MR) is 50.1 cm³/mol. The van der Waals surface area contributed by atoms with Gasteiger partial charge < -0.3 is 5.32 Å². The molecule has 4 nitrogen and oxygen atoms in total. The molecule has 0 aliphatic rings. The Balaban J connectivity index is 2.18. The summed E-state index contributed by atoms with van der Waals surface area (Å²) in [5.74, 6) is -0.0605. The van der Waals surface area contributed by atoms with Gasteiger partial charge in [-0.2, -0.15) is 5.10 Å². The minimum absolute atomic E-state index is 0.0605. The topological polar surface area (TPSA) is 46.9 Å². The number of carbonyl (C=O) groups is 1. The standard InChI is InChI=1S/C9H13N3O/c1-2-4-9(13)10-6-8-12-7-3-5-11-12/h2-5,7H,6,8H2,1H3,(H,10,13). The Morgan fingerprint density at radius 2 is 2.54 bits per heavy atom. The highest BCUT2D eigenvalue weighted by molar-refractivity contribution is 5.87. The largest absolute Gasteiger partial charge is 0.351 e. The molecule has 1 N–H and O–H groups in total. The minimum atomic E-state index is -0.0605. The summed E-state index contributed by atoms with van der Waals surface area (Å²) in [4.78, 5) is 10.9. The van der Waals surface area contributed by atoms with E-state index in [0.717, 1.165) is 0 Å². The summed E-state index contributed by atoms with van der Waals surface area (Å²) in [6.45, 7) is 3.12. The second-order valence-electron chi connectivity index (χ2n) is 2.56. The van der Waals surface area contributed by atoms with E-state index in [1.807, 2.05) is 19.2 Å². The van der Waals surface area contributed by atoms with Gasteiger partial charge >= 0.3 is 0 Å². The lowest BCUT2D eigenvalue weighted by Gasteiger charge is -2.01. The molecule has 1 amide bonds. The molecule has 0 radical (unpaired) electrons. The minimum Gasteiger partial charge on any atom is -0.351 e. The molecule has 0 saturated carbocycles. The van der Waals surface area contributed by atoms with Crippen molar-refractivity contribution in [2.24, 2.45) is 0 Å². The molecule has 70 valence electrons. The summed E-state index contributed by atoms with van der Waals surface area (Å²) < 4.78 is 1.77. The van der Waals surface area contributed by atoms with Crippen molar-refractivity contribution in [2.45, 2.75) is 13.5 Å². The van der Waals surface area contributed by atoms with Crippen LogP contribution in [-0.4, -0.2) is 22.2 Å². The number of amides is 1. The van der Waals surface area contributed by atoms with Gasteiger partial charge in [-0.05, 0) is 19.1 Å². The first-order valence-electron chi connectivity index (χ1n) is 4.21. The number of rotatable bonds is 4. The SMILES string of the molecule is CC=CC(=O)NCCn1cccn1. The van der Waals surface area contributed by atoms with Crippen LogP contribution in [0.15, 0.2) is 30.6 Å². The summed E-state index contributed by atoms with van der Waals surface area (Å²) >= 11 is 0. The number of carbonyl (C=O) groups excluding carboxylic acids is 1. The van der Waals surface area contributed by atoms with Crippen molar-refractivity contribution in [2.75, 3.05) is 6.54 Å². The third kappa shape index (κ3) is 3.55. The average Bonchev–Trinajstić information content (AvgIpc) is 2.57. The summed E-state index contributed by atoms with van der Waals surface area (Å²) in [5.41, 5.74) is 0. The monoisotopic (exact) mass is 179 g/mol. The molecule has 1 aromatic heterocycles. The molecule has 0 aromatic carbocycles. The lowest BCUT2D eigenvalue weighted by molar-refractivity contribution is -0.116. The maximum atomic E-state index is 10.9. The van der Waals surface area contributed by atoms with Crippen LogP contribution in [0.2, 0.25) is 0 Å². The second kappa shape index (κ2) is 5.13. The van der Waals surface area contributed by atoms with Crippen LogP contribution in [0.4, 0.5) is 0 Å². The molecule has 0 aliphatic heterocycles. The van der Waals surface area contributed by atoms with Gasteiger partial charge in [0.25, 0.3) is 0 Å². The first kappa shape index (κ1) is 9.51. The molecule has 4 heteroatoms. The molecule has 0 fully saturated rings. The van der Waals surface area contributed by atoms with Crippen molar-refractivity contribution in [1.82, 2.24) is 15.1 Å². The van der Waals surface area contributed by atoms with E-state index < -0.39 is 0 Å². The zero-order valence-corrected chi connectivity index (χ0v) is 7.60. The fraction of sp³-hybridized carbons (Fsp3) is 0.333. The highest BCUT2D eigenvalue weighted by Crippen LogP contribution is 1.82. The smallest absolute Gasteiger partial charge is 0.243 e. The van der Waals surface area contributed by atoms with Crippen molar-refractivity contribution in [3.63, 3.8) is 0 Å². The van der Waals surface area contributed by atoms with Gasteiger partial charge in [0.2, 0.25) is 5.91 Å². The van der Waals surface area contributed by atoms with Gasteiger partial charge in [0.1, 0.15) is 0 Å². The van der Waals surface area contributed by atoms with Gasteiger partial charge in [-0.15, -0.1) is 0 Å². The van der Waals surface area contributed by atoms with Crippen LogP contribution in [0.25, 0.3) is 0 Å². The summed E-state index contributed by atoms with van der Waals surface area (Å²) in [7, 11) is 0. The summed E-state index contributed by atoms with van der Waals surface area (Å²) in [6.07, 6.45) is 6.79. The van der Waals surface area contributed by atoms with Crippen molar-refractivity contribution in [3.05, 3.63) is 30.6 Å². The van der Waals surface area contributed by atoms with E-state index in [1.165, 1.54) is 6.08 Å². The number of hydrogen-bond acceptors (Lipinski definition) is 2. The Bertz CT molecular complexity index is 277. The Hall–Kier alpha value is -1.58. The van der Waals surface area contributed by atoms with Crippen LogP contribution >= 0.6 is 0 Å². The molecule has 0 unspecified atom stereocenters. The quantitative estimate of drug-likeness (QED) is 0.687. The van der Waals surface area contributed by atoms with Crippen LogP contribution in [0, 0.1) is 0 Å². The van der Waals surface area contributed by atoms with Crippen molar-refractivity contribution in [1.29, 1.82) is 0 Å². The van der Waals surface area contributed by atoms with Gasteiger partial charge in [0.15, 0.2) is 0 Å². The second-order valence-corrected chi connectivity index (χ2v) is 2.56. The van der Waals surface area contributed by atoms with E-state index in [1.54, 1.807) is 17.0 Å². The maximum Gasteiger partial charge on any atom is 0.243 e. The number of nitrogens with one attached hydrogen (secondary N) is 1. The molecule has 0 saturated heterocycles. The van der Waals surface area contributed by atoms with Gasteiger partial charge in [-0.25, -0.2) is 0 Å². The van der Waals surface area contributed by atoms with E-state index in [9.17, 15) is 4.79 Å². The molecule has 13 heavy (non-hydrogen) atoms. The third-order valence-corrected chi connectivity index (χ3v) is 1.52. The molecule has 1 aromatic rings. The van der Waals surface area contributed by atoms with Crippen LogP contribution in [-0.2, 0) is 11.3 Å². The number of hydrogen-bond donors (Lipinski definition) is 1. The Kier molecular flexibility index (Phi) is 3.75. The molecule has 0 bridgehead atoms. The van der Waals surface area contributed by atoms with E-state index in [2.05, 4.69) is 10.4 Å². The molecule has 1 heterocycles. The van der Waals surface area contributed by atoms with Gasteiger partial charge in [-0.3, -0.25) is 9.48 Å². The lowest BCUT2D eigenvalue weighted by atomic mass is 10.5. The zero-order valence-electron chi connectivity index (χ0n) is 7.60. The molecule has 0 atom stereocenters. The van der Waals surface area contributed by atoms with Crippen LogP contribution < -0.4 is 5.32 Å². The van der Waals surface area contributed by atoms with Gasteiger partial charge in [0.05, 0.1) is 6.54 Å². The van der Waals surface area contributed by atoms with E-state index in [-0.39, 0.29) is 5.91 Å². The average molecular weight is 179 g/mol. The lowest BCUT2D eigenvalue weighted by Crippen LogP contribution is -2.25. The number of aromatic nitrogens is 2. The van der Waals surface area contributed by atoms with Gasteiger partial charge in [0, 0.05) is 18.9 Å². The van der Waals surface area contributed by atoms with Crippen molar-refractivity contribution >= 4 is 5.91 Å². The fourth-order valence-electron chi connectivity index (χ4n) is 0.937. The number of nitrogens with zero attached hydrogens (tertiary/aromatic N) is 2. The highest BCUT2D eigenvalue weighted by atomic mass is 16.1. The van der Waals surface area contributed by atoms with Crippen molar-refractivity contribution < 1.29 is 4.79 Å². The third-order valence-electron chi connectivity index (χ3n) is 1.52. The molecule has 0 aliphatic carbocycles. The Labute approximate surface area is 77.3 Å². The van der Waals surface area contributed by atoms with Gasteiger partial charge in [-0.1, -0.05) is 6.08 Å². The fourth-order valence-corrected chi connectivity index (χ4v) is 0.937. The molecule has 1 rings (SSSR count). The van der Waals surface area contributed by atoms with E-state index in [4.69, 9.17) is 0 Å². The Morgan fingerprint density at radius 3 is 3.15 bits per heavy atom. The first-order chi connectivity index (χ1) is 6.33. The summed E-state index contributed by atoms with van der Waals surface area (Å²) in [5, 5.41) is 6.74. The predicted octanol–water partition coefficient (Wildman–Crippen LogP) is 0.575. The van der Waals surface area contributed by atoms with Crippen LogP contribution in [0.3, 0.4) is 0 Å². The molecular formula is C9H13N3O. The molecular weight excluding hydrogens is 166 g/mol. The van der Waals surface area contributed by atoms with E-state index in [0.29, 0.717) is 13.1 Å². The number of allylic oxidation sites excluding steroid dienone is 1. The zero-order chi connectivity index (χ0) is 9.52. The van der Waals surface area contributed by atoms with E-state index >= 15 is 0 Å².